The maximum atomic E-state index is 12.8. The summed E-state index contributed by atoms with van der Waals surface area (Å²) in [5, 5.41) is 6.11. The van der Waals surface area contributed by atoms with Crippen LogP contribution >= 0.6 is 0 Å². The quantitative estimate of drug-likeness (QED) is 0.843. The fraction of sp³-hybridized carbons (Fsp3) is 0.556. The van der Waals surface area contributed by atoms with Crippen molar-refractivity contribution in [3.8, 4) is 0 Å². The minimum Gasteiger partial charge on any atom is -0.352 e. The normalized spacial score (nSPS) is 15.2. The predicted octanol–water partition coefficient (Wildman–Crippen LogP) is 1.93. The third-order valence-corrected chi connectivity index (χ3v) is 4.22. The van der Waals surface area contributed by atoms with Crippen molar-refractivity contribution in [2.45, 2.75) is 45.7 Å². The van der Waals surface area contributed by atoms with Crippen molar-refractivity contribution in [3.63, 3.8) is 0 Å². The molecule has 23 heavy (non-hydrogen) atoms. The second kappa shape index (κ2) is 8.67. The van der Waals surface area contributed by atoms with Crippen LogP contribution < -0.4 is 10.6 Å². The van der Waals surface area contributed by atoms with Gasteiger partial charge in [0, 0.05) is 31.6 Å². The molecule has 5 nitrogen and oxygen atoms in total. The van der Waals surface area contributed by atoms with Crippen molar-refractivity contribution in [3.05, 3.63) is 35.4 Å². The van der Waals surface area contributed by atoms with Crippen LogP contribution in [-0.4, -0.2) is 42.4 Å². The third kappa shape index (κ3) is 5.06. The molecule has 1 heterocycles. The van der Waals surface area contributed by atoms with E-state index in [2.05, 4.69) is 17.6 Å². The molecule has 1 aromatic carbocycles. The van der Waals surface area contributed by atoms with Gasteiger partial charge in [-0.2, -0.15) is 0 Å². The van der Waals surface area contributed by atoms with Gasteiger partial charge < -0.3 is 15.5 Å². The molecule has 1 aromatic rings. The number of benzene rings is 1. The van der Waals surface area contributed by atoms with Gasteiger partial charge in [-0.3, -0.25) is 9.59 Å². The highest BCUT2D eigenvalue weighted by molar-refractivity contribution is 5.94. The number of rotatable bonds is 6. The van der Waals surface area contributed by atoms with Crippen molar-refractivity contribution in [2.24, 2.45) is 0 Å². The van der Waals surface area contributed by atoms with E-state index in [9.17, 15) is 9.59 Å². The molecule has 2 rings (SSSR count). The Balaban J connectivity index is 2.04. The molecule has 126 valence electrons. The van der Waals surface area contributed by atoms with Gasteiger partial charge in [0.25, 0.3) is 5.91 Å². The lowest BCUT2D eigenvalue weighted by molar-refractivity contribution is -0.119. The number of hydrogen-bond donors (Lipinski definition) is 2. The first-order valence-electron chi connectivity index (χ1n) is 8.47. The smallest absolute Gasteiger partial charge is 0.254 e. The summed E-state index contributed by atoms with van der Waals surface area (Å²) >= 11 is 0. The molecule has 0 aliphatic carbocycles. The Morgan fingerprint density at radius 3 is 2.43 bits per heavy atom. The number of hydrogen-bond acceptors (Lipinski definition) is 3. The van der Waals surface area contributed by atoms with Gasteiger partial charge in [0.15, 0.2) is 0 Å². The van der Waals surface area contributed by atoms with Gasteiger partial charge >= 0.3 is 0 Å². The first-order chi connectivity index (χ1) is 11.1. The minimum absolute atomic E-state index is 0.0508. The lowest BCUT2D eigenvalue weighted by Gasteiger charge is -2.34. The van der Waals surface area contributed by atoms with Crippen LogP contribution in [-0.2, 0) is 11.3 Å². The molecule has 0 saturated carbocycles. The van der Waals surface area contributed by atoms with Crippen molar-refractivity contribution in [1.82, 2.24) is 15.5 Å². The summed E-state index contributed by atoms with van der Waals surface area (Å²) in [5.41, 5.74) is 1.73. The zero-order chi connectivity index (χ0) is 16.7. The topological polar surface area (TPSA) is 61.4 Å². The molecule has 2 N–H and O–H groups in total. The molecule has 1 aliphatic rings. The summed E-state index contributed by atoms with van der Waals surface area (Å²) in [4.78, 5) is 25.8. The molecular formula is C18H27N3O2. The largest absolute Gasteiger partial charge is 0.352 e. The number of piperidine rings is 1. The van der Waals surface area contributed by atoms with Crippen molar-refractivity contribution < 1.29 is 9.59 Å². The third-order valence-electron chi connectivity index (χ3n) is 4.22. The maximum Gasteiger partial charge on any atom is 0.254 e. The average Bonchev–Trinajstić information content (AvgIpc) is 2.58. The van der Waals surface area contributed by atoms with Crippen LogP contribution in [0.4, 0.5) is 0 Å². The van der Waals surface area contributed by atoms with Gasteiger partial charge in [-0.05, 0) is 50.0 Å². The Bertz CT molecular complexity index is 522. The van der Waals surface area contributed by atoms with Crippen LogP contribution in [0.15, 0.2) is 24.3 Å². The Morgan fingerprint density at radius 1 is 1.22 bits per heavy atom. The molecule has 5 heteroatoms. The molecule has 0 bridgehead atoms. The van der Waals surface area contributed by atoms with Crippen LogP contribution in [0.3, 0.4) is 0 Å². The first-order valence-corrected chi connectivity index (χ1v) is 8.47. The molecule has 2 amide bonds. The Labute approximate surface area is 138 Å². The van der Waals surface area contributed by atoms with Crippen LogP contribution in [0.2, 0.25) is 0 Å². The molecule has 0 spiro atoms. The second-order valence-corrected chi connectivity index (χ2v) is 6.09. The fourth-order valence-electron chi connectivity index (χ4n) is 2.97. The summed E-state index contributed by atoms with van der Waals surface area (Å²) in [7, 11) is 0. The number of carbonyl (C=O) groups is 2. The van der Waals surface area contributed by atoms with E-state index >= 15 is 0 Å². The molecule has 1 saturated heterocycles. The highest BCUT2D eigenvalue weighted by atomic mass is 16.2. The van der Waals surface area contributed by atoms with E-state index in [4.69, 9.17) is 0 Å². The second-order valence-electron chi connectivity index (χ2n) is 6.09. The Morgan fingerprint density at radius 2 is 1.87 bits per heavy atom. The van der Waals surface area contributed by atoms with E-state index in [1.165, 1.54) is 6.92 Å². The van der Waals surface area contributed by atoms with Gasteiger partial charge in [0.2, 0.25) is 5.91 Å². The molecule has 0 radical (unpaired) electrons. The van der Waals surface area contributed by atoms with Crippen molar-refractivity contribution >= 4 is 11.8 Å². The number of nitrogens with zero attached hydrogens (tertiary/aromatic N) is 1. The molecule has 0 unspecified atom stereocenters. The molecular weight excluding hydrogens is 290 g/mol. The summed E-state index contributed by atoms with van der Waals surface area (Å²) in [6, 6.07) is 7.89. The number of carbonyl (C=O) groups excluding carboxylic acids is 2. The monoisotopic (exact) mass is 317 g/mol. The number of nitrogens with one attached hydrogen (secondary N) is 2. The van der Waals surface area contributed by atoms with Gasteiger partial charge in [-0.1, -0.05) is 19.1 Å². The summed E-state index contributed by atoms with van der Waals surface area (Å²) in [6.07, 6.45) is 3.01. The van der Waals surface area contributed by atoms with E-state index in [-0.39, 0.29) is 11.8 Å². The van der Waals surface area contributed by atoms with Crippen LogP contribution in [0.5, 0.6) is 0 Å². The molecule has 0 atom stereocenters. The average molecular weight is 317 g/mol. The van der Waals surface area contributed by atoms with E-state index in [0.29, 0.717) is 12.6 Å². The zero-order valence-electron chi connectivity index (χ0n) is 14.1. The SMILES string of the molecule is CCCN(C(=O)c1ccc(CNC(C)=O)cc1)C1CCNCC1. The van der Waals surface area contributed by atoms with E-state index in [1.807, 2.05) is 29.2 Å². The minimum atomic E-state index is -0.0508. The lowest BCUT2D eigenvalue weighted by atomic mass is 10.0. The predicted molar refractivity (Wildman–Crippen MR) is 91.2 cm³/mol. The van der Waals surface area contributed by atoms with Gasteiger partial charge in [0.1, 0.15) is 0 Å². The maximum absolute atomic E-state index is 12.8. The van der Waals surface area contributed by atoms with E-state index in [1.54, 1.807) is 0 Å². The standard InChI is InChI=1S/C18H27N3O2/c1-3-12-21(17-8-10-19-11-9-17)18(23)16-6-4-15(5-7-16)13-20-14(2)22/h4-7,17,19H,3,8-13H2,1-2H3,(H,20,22). The lowest BCUT2D eigenvalue weighted by Crippen LogP contribution is -2.46. The Hall–Kier alpha value is -1.88. The van der Waals surface area contributed by atoms with Crippen molar-refractivity contribution in [1.29, 1.82) is 0 Å². The summed E-state index contributed by atoms with van der Waals surface area (Å²) < 4.78 is 0. The highest BCUT2D eigenvalue weighted by Gasteiger charge is 2.25. The number of amides is 2. The Kier molecular flexibility index (Phi) is 6.59. The van der Waals surface area contributed by atoms with Crippen LogP contribution in [0.1, 0.15) is 49.0 Å². The summed E-state index contributed by atoms with van der Waals surface area (Å²) in [6.45, 7) is 6.87. The zero-order valence-corrected chi connectivity index (χ0v) is 14.1. The summed E-state index contributed by atoms with van der Waals surface area (Å²) in [5.74, 6) is 0.0648. The van der Waals surface area contributed by atoms with Crippen molar-refractivity contribution in [2.75, 3.05) is 19.6 Å². The van der Waals surface area contributed by atoms with E-state index < -0.39 is 0 Å². The van der Waals surface area contributed by atoms with Crippen LogP contribution in [0, 0.1) is 0 Å². The van der Waals surface area contributed by atoms with Gasteiger partial charge in [0.05, 0.1) is 0 Å². The van der Waals surface area contributed by atoms with E-state index in [0.717, 1.165) is 50.0 Å². The fourth-order valence-corrected chi connectivity index (χ4v) is 2.97. The highest BCUT2D eigenvalue weighted by Crippen LogP contribution is 2.17. The van der Waals surface area contributed by atoms with Gasteiger partial charge in [-0.15, -0.1) is 0 Å². The van der Waals surface area contributed by atoms with Gasteiger partial charge in [-0.25, -0.2) is 0 Å². The molecule has 1 fully saturated rings. The first kappa shape index (κ1) is 17.5. The molecule has 1 aliphatic heterocycles. The van der Waals surface area contributed by atoms with Crippen LogP contribution in [0.25, 0.3) is 0 Å². The molecule has 0 aromatic heterocycles.